The summed E-state index contributed by atoms with van der Waals surface area (Å²) < 4.78 is 38.9. The number of nitrogens with one attached hydrogen (secondary N) is 1. The Morgan fingerprint density at radius 1 is 1.03 bits per heavy atom. The lowest BCUT2D eigenvalue weighted by Gasteiger charge is -2.33. The van der Waals surface area contributed by atoms with Crippen LogP contribution in [-0.4, -0.2) is 69.9 Å². The fourth-order valence-corrected chi connectivity index (χ4v) is 5.66. The lowest BCUT2D eigenvalue weighted by molar-refractivity contribution is -0.126. The summed E-state index contributed by atoms with van der Waals surface area (Å²) in [6, 6.07) is 5.72. The molecule has 0 bridgehead atoms. The molecule has 0 saturated carbocycles. The molecule has 0 spiro atoms. The third-order valence-electron chi connectivity index (χ3n) is 5.70. The normalized spacial score (nSPS) is 19.2. The van der Waals surface area contributed by atoms with E-state index < -0.39 is 10.2 Å². The van der Waals surface area contributed by atoms with Crippen molar-refractivity contribution in [3.63, 3.8) is 0 Å². The average molecular weight is 426 g/mol. The molecule has 2 saturated heterocycles. The number of hydrogen-bond donors (Lipinski definition) is 1. The quantitative estimate of drug-likeness (QED) is 0.681. The van der Waals surface area contributed by atoms with Gasteiger partial charge in [-0.05, 0) is 49.8 Å². The Hall–Kier alpha value is -1.84. The van der Waals surface area contributed by atoms with Crippen LogP contribution < -0.4 is 14.8 Å². The molecule has 0 aliphatic carbocycles. The molecule has 1 amide bonds. The van der Waals surface area contributed by atoms with Crippen molar-refractivity contribution in [3.8, 4) is 11.5 Å². The van der Waals surface area contributed by atoms with Gasteiger partial charge < -0.3 is 14.8 Å². The van der Waals surface area contributed by atoms with Crippen LogP contribution in [0.5, 0.6) is 11.5 Å². The predicted molar refractivity (Wildman–Crippen MR) is 110 cm³/mol. The molecular formula is C20H31N3O5S. The SMILES string of the molecule is COc1ccc(CCNC(=O)C2CCN(S(=O)(=O)N3CCCC3)CC2)cc1OC. The number of amides is 1. The summed E-state index contributed by atoms with van der Waals surface area (Å²) in [5.41, 5.74) is 1.05. The molecule has 2 fully saturated rings. The summed E-state index contributed by atoms with van der Waals surface area (Å²) in [6.07, 6.45) is 3.68. The monoisotopic (exact) mass is 425 g/mol. The molecule has 0 aromatic heterocycles. The zero-order valence-electron chi connectivity index (χ0n) is 17.2. The minimum Gasteiger partial charge on any atom is -0.493 e. The Labute approximate surface area is 173 Å². The van der Waals surface area contributed by atoms with Crippen molar-refractivity contribution in [1.82, 2.24) is 13.9 Å². The van der Waals surface area contributed by atoms with E-state index in [0.29, 0.717) is 63.5 Å². The maximum atomic E-state index is 12.6. The molecule has 2 aliphatic heterocycles. The Morgan fingerprint density at radius 3 is 2.28 bits per heavy atom. The minimum atomic E-state index is -3.36. The first-order chi connectivity index (χ1) is 14.0. The van der Waals surface area contributed by atoms with Gasteiger partial charge in [0.15, 0.2) is 11.5 Å². The average Bonchev–Trinajstić information content (AvgIpc) is 3.29. The number of carbonyl (C=O) groups excluding carboxylic acids is 1. The van der Waals surface area contributed by atoms with Gasteiger partial charge in [-0.3, -0.25) is 4.79 Å². The van der Waals surface area contributed by atoms with Gasteiger partial charge in [-0.15, -0.1) is 0 Å². The number of ether oxygens (including phenoxy) is 2. The van der Waals surface area contributed by atoms with Gasteiger partial charge in [0.2, 0.25) is 5.91 Å². The number of methoxy groups -OCH3 is 2. The summed E-state index contributed by atoms with van der Waals surface area (Å²) in [5.74, 6) is 1.22. The van der Waals surface area contributed by atoms with Crippen molar-refractivity contribution in [2.45, 2.75) is 32.1 Å². The van der Waals surface area contributed by atoms with E-state index in [-0.39, 0.29) is 11.8 Å². The van der Waals surface area contributed by atoms with Crippen LogP contribution in [0.2, 0.25) is 0 Å². The van der Waals surface area contributed by atoms with E-state index in [1.54, 1.807) is 18.5 Å². The van der Waals surface area contributed by atoms with Crippen molar-refractivity contribution in [2.24, 2.45) is 5.92 Å². The van der Waals surface area contributed by atoms with Crippen molar-refractivity contribution in [3.05, 3.63) is 23.8 Å². The van der Waals surface area contributed by atoms with Crippen LogP contribution in [0, 0.1) is 5.92 Å². The van der Waals surface area contributed by atoms with Crippen LogP contribution >= 0.6 is 0 Å². The lowest BCUT2D eigenvalue weighted by atomic mass is 9.97. The molecule has 3 rings (SSSR count). The minimum absolute atomic E-state index is 0.00342. The van der Waals surface area contributed by atoms with E-state index in [1.165, 1.54) is 4.31 Å². The summed E-state index contributed by atoms with van der Waals surface area (Å²) in [7, 11) is -0.170. The first-order valence-electron chi connectivity index (χ1n) is 10.2. The first-order valence-corrected chi connectivity index (χ1v) is 11.6. The van der Waals surface area contributed by atoms with Gasteiger partial charge in [-0.25, -0.2) is 0 Å². The highest BCUT2D eigenvalue weighted by Gasteiger charge is 2.35. The van der Waals surface area contributed by atoms with Gasteiger partial charge in [0.1, 0.15) is 0 Å². The Morgan fingerprint density at radius 2 is 1.66 bits per heavy atom. The first kappa shape index (κ1) is 21.9. The highest BCUT2D eigenvalue weighted by molar-refractivity contribution is 7.86. The van der Waals surface area contributed by atoms with E-state index in [0.717, 1.165) is 18.4 Å². The molecule has 0 unspecified atom stereocenters. The number of nitrogens with zero attached hydrogens (tertiary/aromatic N) is 2. The highest BCUT2D eigenvalue weighted by atomic mass is 32.2. The second kappa shape index (κ2) is 9.77. The maximum absolute atomic E-state index is 12.6. The van der Waals surface area contributed by atoms with Crippen LogP contribution in [0.15, 0.2) is 18.2 Å². The fraction of sp³-hybridized carbons (Fsp3) is 0.650. The van der Waals surface area contributed by atoms with Crippen LogP contribution in [0.4, 0.5) is 0 Å². The molecule has 0 atom stereocenters. The Balaban J connectivity index is 1.44. The number of rotatable bonds is 8. The van der Waals surface area contributed by atoms with Gasteiger partial charge in [0.05, 0.1) is 14.2 Å². The van der Waals surface area contributed by atoms with E-state index in [9.17, 15) is 13.2 Å². The zero-order chi connectivity index (χ0) is 20.9. The smallest absolute Gasteiger partial charge is 0.281 e. The molecule has 9 heteroatoms. The van der Waals surface area contributed by atoms with Gasteiger partial charge >= 0.3 is 0 Å². The third kappa shape index (κ3) is 5.21. The number of carbonyl (C=O) groups is 1. The van der Waals surface area contributed by atoms with Gasteiger partial charge in [0.25, 0.3) is 10.2 Å². The molecule has 29 heavy (non-hydrogen) atoms. The molecule has 1 aromatic rings. The van der Waals surface area contributed by atoms with Gasteiger partial charge in [-0.2, -0.15) is 17.0 Å². The van der Waals surface area contributed by atoms with Gasteiger partial charge in [-0.1, -0.05) is 6.07 Å². The van der Waals surface area contributed by atoms with Crippen LogP contribution in [0.3, 0.4) is 0 Å². The van der Waals surface area contributed by atoms with Crippen LogP contribution in [0.25, 0.3) is 0 Å². The molecular weight excluding hydrogens is 394 g/mol. The predicted octanol–water partition coefficient (Wildman–Crippen LogP) is 1.42. The van der Waals surface area contributed by atoms with E-state index in [4.69, 9.17) is 9.47 Å². The van der Waals surface area contributed by atoms with Crippen LogP contribution in [0.1, 0.15) is 31.2 Å². The highest BCUT2D eigenvalue weighted by Crippen LogP contribution is 2.28. The molecule has 2 heterocycles. The summed E-state index contributed by atoms with van der Waals surface area (Å²) >= 11 is 0. The number of piperidine rings is 1. The van der Waals surface area contributed by atoms with Crippen molar-refractivity contribution >= 4 is 16.1 Å². The Bertz CT molecular complexity index is 800. The van der Waals surface area contributed by atoms with Crippen molar-refractivity contribution < 1.29 is 22.7 Å². The number of benzene rings is 1. The fourth-order valence-electron chi connectivity index (χ4n) is 3.94. The maximum Gasteiger partial charge on any atom is 0.281 e. The molecule has 162 valence electrons. The molecule has 8 nitrogen and oxygen atoms in total. The zero-order valence-corrected chi connectivity index (χ0v) is 18.0. The third-order valence-corrected chi connectivity index (χ3v) is 7.74. The second-order valence-electron chi connectivity index (χ2n) is 7.52. The van der Waals surface area contributed by atoms with Gasteiger partial charge in [0, 0.05) is 38.6 Å². The Kier molecular flexibility index (Phi) is 7.37. The van der Waals surface area contributed by atoms with Crippen LogP contribution in [-0.2, 0) is 21.4 Å². The molecule has 1 aromatic carbocycles. The number of hydrogen-bond acceptors (Lipinski definition) is 5. The largest absolute Gasteiger partial charge is 0.493 e. The van der Waals surface area contributed by atoms with Crippen molar-refractivity contribution in [2.75, 3.05) is 46.9 Å². The second-order valence-corrected chi connectivity index (χ2v) is 9.45. The molecule has 0 radical (unpaired) electrons. The summed E-state index contributed by atoms with van der Waals surface area (Å²) in [6.45, 7) is 2.57. The summed E-state index contributed by atoms with van der Waals surface area (Å²) in [4.78, 5) is 12.5. The van der Waals surface area contributed by atoms with E-state index in [1.807, 2.05) is 18.2 Å². The summed E-state index contributed by atoms with van der Waals surface area (Å²) in [5, 5.41) is 2.99. The van der Waals surface area contributed by atoms with Crippen molar-refractivity contribution in [1.29, 1.82) is 0 Å². The topological polar surface area (TPSA) is 88.2 Å². The van der Waals surface area contributed by atoms with E-state index in [2.05, 4.69) is 5.32 Å². The molecule has 1 N–H and O–H groups in total. The molecule has 2 aliphatic rings. The van der Waals surface area contributed by atoms with E-state index >= 15 is 0 Å². The standard InChI is InChI=1S/C20H31N3O5S/c1-27-18-6-5-16(15-19(18)28-2)7-10-21-20(24)17-8-13-23(14-9-17)29(25,26)22-11-3-4-12-22/h5-6,15,17H,3-4,7-14H2,1-2H3,(H,21,24). The lowest BCUT2D eigenvalue weighted by Crippen LogP contribution is -2.48.